The average Bonchev–Trinajstić information content (AvgIpc) is 3.37. The lowest BCUT2D eigenvalue weighted by Crippen LogP contribution is -2.48. The second-order valence-electron chi connectivity index (χ2n) is 13.2. The number of hydrogen-bond donors (Lipinski definition) is 3. The van der Waals surface area contributed by atoms with E-state index in [0.717, 1.165) is 49.1 Å². The zero-order chi connectivity index (χ0) is 28.6. The molecule has 8 nitrogen and oxygen atoms in total. The first-order valence-corrected chi connectivity index (χ1v) is 14.0. The van der Waals surface area contributed by atoms with Gasteiger partial charge in [0.15, 0.2) is 5.82 Å². The molecule has 0 aromatic carbocycles. The van der Waals surface area contributed by atoms with E-state index in [-0.39, 0.29) is 52.5 Å². The minimum atomic E-state index is -0.411. The molecule has 8 heteroatoms. The Bertz CT molecular complexity index is 1290. The zero-order valence-electron chi connectivity index (χ0n) is 24.4. The number of rotatable bonds is 5. The summed E-state index contributed by atoms with van der Waals surface area (Å²) >= 11 is 0. The summed E-state index contributed by atoms with van der Waals surface area (Å²) in [4.78, 5) is 25.0. The normalized spacial score (nSPS) is 28.5. The zero-order valence-corrected chi connectivity index (χ0v) is 24.4. The van der Waals surface area contributed by atoms with Crippen molar-refractivity contribution >= 4 is 17.2 Å². The average molecular weight is 534 g/mol. The number of imidazole rings is 1. The molecule has 1 aliphatic carbocycles. The Morgan fingerprint density at radius 3 is 2.62 bits per heavy atom. The van der Waals surface area contributed by atoms with Crippen molar-refractivity contribution in [3.8, 4) is 6.07 Å². The first-order valence-electron chi connectivity index (χ1n) is 14.0. The molecular weight excluding hydrogens is 490 g/mol. The third kappa shape index (κ3) is 6.26. The fourth-order valence-corrected chi connectivity index (χ4v) is 5.96. The van der Waals surface area contributed by atoms with E-state index in [1.807, 2.05) is 18.2 Å². The lowest BCUT2D eigenvalue weighted by Gasteiger charge is -2.47. The minimum Gasteiger partial charge on any atom is -0.396 e. The van der Waals surface area contributed by atoms with E-state index < -0.39 is 5.91 Å². The van der Waals surface area contributed by atoms with E-state index in [1.54, 1.807) is 0 Å². The molecule has 2 aliphatic rings. The third-order valence-electron chi connectivity index (χ3n) is 9.04. The first kappa shape index (κ1) is 29.0. The molecular formula is C31H43N5O3. The van der Waals surface area contributed by atoms with E-state index in [1.165, 1.54) is 6.20 Å². The molecule has 4 atom stereocenters. The number of ether oxygens (including phenoxy) is 1. The molecule has 0 saturated carbocycles. The number of aliphatic hydroxyl groups is 1. The van der Waals surface area contributed by atoms with Gasteiger partial charge in [0.05, 0.1) is 35.9 Å². The second kappa shape index (κ2) is 10.9. The number of pyridine rings is 1. The molecule has 1 amide bonds. The van der Waals surface area contributed by atoms with Gasteiger partial charge in [-0.05, 0) is 81.9 Å². The summed E-state index contributed by atoms with van der Waals surface area (Å²) < 4.78 is 6.52. The number of nitrogens with zero attached hydrogens (tertiary/aromatic N) is 3. The van der Waals surface area contributed by atoms with Gasteiger partial charge < -0.3 is 20.1 Å². The van der Waals surface area contributed by atoms with Crippen molar-refractivity contribution in [2.45, 2.75) is 98.2 Å². The fraction of sp³-hybridized carbons (Fsp3) is 0.613. The van der Waals surface area contributed by atoms with Gasteiger partial charge in [-0.3, -0.25) is 9.78 Å². The minimum absolute atomic E-state index is 0.0603. The summed E-state index contributed by atoms with van der Waals surface area (Å²) in [7, 11) is 0. The van der Waals surface area contributed by atoms with Crippen LogP contribution in [0.4, 0.5) is 5.69 Å². The molecule has 210 valence electrons. The van der Waals surface area contributed by atoms with Crippen LogP contribution >= 0.6 is 0 Å². The van der Waals surface area contributed by atoms with E-state index in [9.17, 15) is 9.90 Å². The first-order chi connectivity index (χ1) is 18.3. The van der Waals surface area contributed by atoms with Crippen LogP contribution < -0.4 is 5.32 Å². The Hall–Kier alpha value is -3.02. The van der Waals surface area contributed by atoms with Gasteiger partial charge in [-0.15, -0.1) is 0 Å². The highest BCUT2D eigenvalue weighted by atomic mass is 16.5. The highest BCUT2D eigenvalue weighted by molar-refractivity contribution is 6.03. The Labute approximate surface area is 232 Å². The molecule has 3 N–H and O–H groups in total. The Morgan fingerprint density at radius 1 is 1.26 bits per heavy atom. The third-order valence-corrected chi connectivity index (χ3v) is 9.04. The molecule has 0 spiro atoms. The monoisotopic (exact) mass is 533 g/mol. The highest BCUT2D eigenvalue weighted by Gasteiger charge is 2.44. The number of carbonyl (C=O) groups is 1. The fourth-order valence-electron chi connectivity index (χ4n) is 5.96. The predicted molar refractivity (Wildman–Crippen MR) is 152 cm³/mol. The molecule has 2 aromatic rings. The van der Waals surface area contributed by atoms with Gasteiger partial charge >= 0.3 is 0 Å². The van der Waals surface area contributed by atoms with Gasteiger partial charge in [0.25, 0.3) is 5.91 Å². The largest absolute Gasteiger partial charge is 0.396 e. The maximum Gasteiger partial charge on any atom is 0.291 e. The summed E-state index contributed by atoms with van der Waals surface area (Å²) in [6.07, 6.45) is 8.07. The Morgan fingerprint density at radius 2 is 2.00 bits per heavy atom. The number of allylic oxidation sites excluding steroid dienone is 2. The molecule has 1 aliphatic heterocycles. The van der Waals surface area contributed by atoms with Gasteiger partial charge in [-0.1, -0.05) is 33.8 Å². The number of H-pyrrole nitrogens is 1. The van der Waals surface area contributed by atoms with Gasteiger partial charge in [0, 0.05) is 17.0 Å². The van der Waals surface area contributed by atoms with Crippen molar-refractivity contribution in [2.75, 3.05) is 11.9 Å². The number of aromatic amines is 1. The molecule has 0 radical (unpaired) electrons. The predicted octanol–water partition coefficient (Wildman–Crippen LogP) is 6.22. The van der Waals surface area contributed by atoms with Crippen molar-refractivity contribution < 1.29 is 14.6 Å². The topological polar surface area (TPSA) is 124 Å². The molecule has 4 rings (SSSR count). The highest BCUT2D eigenvalue weighted by Crippen LogP contribution is 2.46. The summed E-state index contributed by atoms with van der Waals surface area (Å²) in [5, 5.41) is 22.4. The maximum atomic E-state index is 13.0. The van der Waals surface area contributed by atoms with Crippen LogP contribution in [0.15, 0.2) is 24.4 Å². The lowest BCUT2D eigenvalue weighted by atomic mass is 9.68. The molecule has 1 fully saturated rings. The summed E-state index contributed by atoms with van der Waals surface area (Å²) in [5.41, 5.74) is 3.23. The smallest absolute Gasteiger partial charge is 0.291 e. The number of carbonyl (C=O) groups excluding carboxylic acids is 1. The van der Waals surface area contributed by atoms with Crippen LogP contribution in [0.3, 0.4) is 0 Å². The number of hydrogen-bond acceptors (Lipinski definition) is 6. The van der Waals surface area contributed by atoms with Crippen molar-refractivity contribution in [1.82, 2.24) is 15.0 Å². The lowest BCUT2D eigenvalue weighted by molar-refractivity contribution is -0.159. The van der Waals surface area contributed by atoms with E-state index in [0.29, 0.717) is 5.69 Å². The Balaban J connectivity index is 1.72. The summed E-state index contributed by atoms with van der Waals surface area (Å²) in [5.74, 6) is 0.0170. The number of amides is 1. The van der Waals surface area contributed by atoms with Crippen LogP contribution in [0.25, 0.3) is 5.57 Å². The quantitative estimate of drug-likeness (QED) is 0.419. The SMILES string of the molecule is CC1CC(c2ccc(NC(=O)c3ncc(C#N)[nH]3)c(C3=CCC(C)(C)CC3)n2)CC(C)(C)OC(C)C1(C)CO. The van der Waals surface area contributed by atoms with Crippen LogP contribution in [-0.2, 0) is 4.74 Å². The molecule has 0 bridgehead atoms. The maximum absolute atomic E-state index is 13.0. The molecule has 39 heavy (non-hydrogen) atoms. The number of anilines is 1. The number of nitrogens with one attached hydrogen (secondary N) is 2. The number of aliphatic hydroxyl groups excluding tert-OH is 1. The molecule has 2 aromatic heterocycles. The number of nitriles is 1. The Kier molecular flexibility index (Phi) is 8.07. The van der Waals surface area contributed by atoms with Gasteiger partial charge in [-0.2, -0.15) is 5.26 Å². The van der Waals surface area contributed by atoms with E-state index in [4.69, 9.17) is 15.0 Å². The molecule has 3 heterocycles. The van der Waals surface area contributed by atoms with E-state index >= 15 is 0 Å². The van der Waals surface area contributed by atoms with Crippen LogP contribution in [0.2, 0.25) is 0 Å². The van der Waals surface area contributed by atoms with Crippen molar-refractivity contribution in [2.24, 2.45) is 16.7 Å². The van der Waals surface area contributed by atoms with Gasteiger partial charge in [0.1, 0.15) is 11.8 Å². The summed E-state index contributed by atoms with van der Waals surface area (Å²) in [6.45, 7) is 15.2. The molecule has 4 unspecified atom stereocenters. The van der Waals surface area contributed by atoms with Crippen LogP contribution in [-0.4, -0.2) is 44.3 Å². The van der Waals surface area contributed by atoms with Crippen molar-refractivity contribution in [3.05, 3.63) is 47.3 Å². The van der Waals surface area contributed by atoms with Crippen LogP contribution in [0, 0.1) is 28.1 Å². The second-order valence-corrected chi connectivity index (χ2v) is 13.2. The summed E-state index contributed by atoms with van der Waals surface area (Å²) in [6, 6.07) is 5.91. The van der Waals surface area contributed by atoms with Crippen LogP contribution in [0.5, 0.6) is 0 Å². The van der Waals surface area contributed by atoms with Gasteiger partial charge in [0.2, 0.25) is 0 Å². The van der Waals surface area contributed by atoms with Crippen molar-refractivity contribution in [1.29, 1.82) is 5.26 Å². The van der Waals surface area contributed by atoms with Gasteiger partial charge in [-0.25, -0.2) is 4.98 Å². The standard InChI is InChI=1S/C31H43N5O3/c1-19-14-22(15-30(5,6)39-20(2)31(19,7)18-37)24-8-9-25(36-28(38)27-33-17-23(16-32)34-27)26(35-24)21-10-12-29(3,4)13-11-21/h8-10,17,19-20,22,37H,11-15,18H2,1-7H3,(H,33,34)(H,36,38). The van der Waals surface area contributed by atoms with Crippen molar-refractivity contribution in [3.63, 3.8) is 0 Å². The number of aromatic nitrogens is 3. The van der Waals surface area contributed by atoms with E-state index in [2.05, 4.69) is 69.8 Å². The van der Waals surface area contributed by atoms with Crippen LogP contribution in [0.1, 0.15) is 114 Å². The molecule has 1 saturated heterocycles.